The number of halogens is 1. The van der Waals surface area contributed by atoms with Gasteiger partial charge in [0.05, 0.1) is 6.10 Å². The van der Waals surface area contributed by atoms with E-state index in [4.69, 9.17) is 10.5 Å². The van der Waals surface area contributed by atoms with E-state index in [9.17, 15) is 4.39 Å². The van der Waals surface area contributed by atoms with Crippen molar-refractivity contribution in [2.45, 2.75) is 38.8 Å². The van der Waals surface area contributed by atoms with Gasteiger partial charge >= 0.3 is 0 Å². The number of nitrogens with zero attached hydrogens (tertiary/aromatic N) is 1. The summed E-state index contributed by atoms with van der Waals surface area (Å²) in [5.41, 5.74) is 7.22. The maximum atomic E-state index is 13.5. The Morgan fingerprint density at radius 3 is 2.75 bits per heavy atom. The average Bonchev–Trinajstić information content (AvgIpc) is 2.45. The molecule has 1 heterocycles. The van der Waals surface area contributed by atoms with E-state index < -0.39 is 0 Å². The van der Waals surface area contributed by atoms with E-state index in [0.29, 0.717) is 18.2 Å². The summed E-state index contributed by atoms with van der Waals surface area (Å²) in [6, 6.07) is 5.52. The second-order valence-corrected chi connectivity index (χ2v) is 5.57. The fraction of sp³-hybridized carbons (Fsp3) is 0.625. The van der Waals surface area contributed by atoms with Gasteiger partial charge in [-0.05, 0) is 49.9 Å². The van der Waals surface area contributed by atoms with Gasteiger partial charge in [0.25, 0.3) is 0 Å². The van der Waals surface area contributed by atoms with Gasteiger partial charge in [0.15, 0.2) is 0 Å². The molecule has 0 radical (unpaired) electrons. The molecule has 1 aromatic carbocycles. The number of aryl methyl sites for hydroxylation is 1. The molecular formula is C16H25FN2O. The van der Waals surface area contributed by atoms with Crippen LogP contribution in [0.25, 0.3) is 0 Å². The Balaban J connectivity index is 1.75. The molecule has 3 nitrogen and oxygen atoms in total. The van der Waals surface area contributed by atoms with Crippen LogP contribution < -0.4 is 5.73 Å². The van der Waals surface area contributed by atoms with Crippen molar-refractivity contribution in [3.8, 4) is 0 Å². The molecule has 0 aliphatic carbocycles. The highest BCUT2D eigenvalue weighted by Crippen LogP contribution is 2.17. The number of hydrogen-bond acceptors (Lipinski definition) is 3. The summed E-state index contributed by atoms with van der Waals surface area (Å²) in [6.07, 6.45) is 3.41. The van der Waals surface area contributed by atoms with Gasteiger partial charge in [-0.15, -0.1) is 0 Å². The monoisotopic (exact) mass is 280 g/mol. The van der Waals surface area contributed by atoms with E-state index in [2.05, 4.69) is 4.90 Å². The highest BCUT2D eigenvalue weighted by molar-refractivity contribution is 5.23. The van der Waals surface area contributed by atoms with Crippen LogP contribution in [0.5, 0.6) is 0 Å². The number of likely N-dealkylation sites (tertiary alicyclic amines) is 1. The molecule has 1 aliphatic heterocycles. The highest BCUT2D eigenvalue weighted by atomic mass is 19.1. The Morgan fingerprint density at radius 2 is 2.10 bits per heavy atom. The van der Waals surface area contributed by atoms with Crippen molar-refractivity contribution in [1.82, 2.24) is 4.90 Å². The lowest BCUT2D eigenvalue weighted by molar-refractivity contribution is 0.00562. The van der Waals surface area contributed by atoms with E-state index in [-0.39, 0.29) is 5.82 Å². The van der Waals surface area contributed by atoms with Crippen molar-refractivity contribution < 1.29 is 9.13 Å². The minimum absolute atomic E-state index is 0.109. The zero-order chi connectivity index (χ0) is 14.4. The molecule has 4 heteroatoms. The zero-order valence-corrected chi connectivity index (χ0v) is 12.3. The smallest absolute Gasteiger partial charge is 0.126 e. The van der Waals surface area contributed by atoms with Crippen molar-refractivity contribution in [3.05, 3.63) is 35.1 Å². The molecule has 0 spiro atoms. The Bertz CT molecular complexity index is 417. The maximum absolute atomic E-state index is 13.5. The number of hydrogen-bond donors (Lipinski definition) is 1. The number of benzene rings is 1. The second kappa shape index (κ2) is 7.72. The van der Waals surface area contributed by atoms with Crippen LogP contribution in [-0.4, -0.2) is 37.2 Å². The maximum Gasteiger partial charge on any atom is 0.126 e. The molecule has 1 aliphatic rings. The van der Waals surface area contributed by atoms with Crippen molar-refractivity contribution in [2.24, 2.45) is 5.73 Å². The van der Waals surface area contributed by atoms with E-state index in [1.165, 1.54) is 0 Å². The second-order valence-electron chi connectivity index (χ2n) is 5.57. The van der Waals surface area contributed by atoms with Crippen molar-refractivity contribution in [3.63, 3.8) is 0 Å². The molecule has 0 saturated carbocycles. The summed E-state index contributed by atoms with van der Waals surface area (Å²) >= 11 is 0. The van der Waals surface area contributed by atoms with Crippen LogP contribution >= 0.6 is 0 Å². The third kappa shape index (κ3) is 4.54. The third-order valence-corrected chi connectivity index (χ3v) is 3.88. The summed E-state index contributed by atoms with van der Waals surface area (Å²) in [5, 5.41) is 0. The molecule has 0 amide bonds. The molecule has 1 aromatic rings. The van der Waals surface area contributed by atoms with Crippen LogP contribution in [0.15, 0.2) is 18.2 Å². The molecule has 2 N–H and O–H groups in total. The van der Waals surface area contributed by atoms with Gasteiger partial charge in [0.2, 0.25) is 0 Å². The van der Waals surface area contributed by atoms with Crippen molar-refractivity contribution >= 4 is 0 Å². The first kappa shape index (κ1) is 15.4. The first-order valence-corrected chi connectivity index (χ1v) is 7.48. The summed E-state index contributed by atoms with van der Waals surface area (Å²) in [6.45, 7) is 6.11. The minimum atomic E-state index is -0.109. The van der Waals surface area contributed by atoms with Crippen LogP contribution in [0.2, 0.25) is 0 Å². The normalized spacial score (nSPS) is 17.6. The van der Waals surface area contributed by atoms with Crippen LogP contribution in [-0.2, 0) is 11.3 Å². The molecule has 1 saturated heterocycles. The van der Waals surface area contributed by atoms with Crippen LogP contribution in [0.1, 0.15) is 30.4 Å². The summed E-state index contributed by atoms with van der Waals surface area (Å²) in [7, 11) is 0. The zero-order valence-electron chi connectivity index (χ0n) is 12.3. The van der Waals surface area contributed by atoms with Crippen molar-refractivity contribution in [2.75, 3.05) is 26.2 Å². The molecule has 112 valence electrons. The summed E-state index contributed by atoms with van der Waals surface area (Å²) < 4.78 is 19.3. The molecule has 20 heavy (non-hydrogen) atoms. The molecule has 1 fully saturated rings. The Kier molecular flexibility index (Phi) is 5.95. The predicted molar refractivity (Wildman–Crippen MR) is 79.1 cm³/mol. The van der Waals surface area contributed by atoms with Gasteiger partial charge in [-0.25, -0.2) is 4.39 Å². The predicted octanol–water partition coefficient (Wildman–Crippen LogP) is 2.46. The highest BCUT2D eigenvalue weighted by Gasteiger charge is 2.19. The molecular weight excluding hydrogens is 255 g/mol. The number of rotatable bonds is 6. The minimum Gasteiger partial charge on any atom is -0.378 e. The fourth-order valence-corrected chi connectivity index (χ4v) is 2.56. The molecule has 0 unspecified atom stereocenters. The van der Waals surface area contributed by atoms with Gasteiger partial charge in [0.1, 0.15) is 5.82 Å². The first-order valence-electron chi connectivity index (χ1n) is 7.48. The average molecular weight is 280 g/mol. The molecule has 0 bridgehead atoms. The lowest BCUT2D eigenvalue weighted by Crippen LogP contribution is -2.36. The van der Waals surface area contributed by atoms with Gasteiger partial charge in [0, 0.05) is 26.2 Å². The Morgan fingerprint density at radius 1 is 1.35 bits per heavy atom. The molecule has 0 atom stereocenters. The van der Waals surface area contributed by atoms with E-state index >= 15 is 0 Å². The lowest BCUT2D eigenvalue weighted by atomic mass is 10.1. The Labute approximate surface area is 120 Å². The van der Waals surface area contributed by atoms with Gasteiger partial charge in [-0.1, -0.05) is 12.1 Å². The SMILES string of the molecule is Cc1ccc(CN2CCC(OCCCN)CC2)cc1F. The largest absolute Gasteiger partial charge is 0.378 e. The van der Waals surface area contributed by atoms with Crippen LogP contribution in [0.3, 0.4) is 0 Å². The topological polar surface area (TPSA) is 38.5 Å². The standard InChI is InChI=1S/C16H25FN2O/c1-13-3-4-14(11-16(13)17)12-19-8-5-15(6-9-19)20-10-2-7-18/h3-4,11,15H,2,5-10,12,18H2,1H3. The van der Waals surface area contributed by atoms with E-state index in [0.717, 1.165) is 51.1 Å². The van der Waals surface area contributed by atoms with Gasteiger partial charge in [-0.2, -0.15) is 0 Å². The van der Waals surface area contributed by atoms with Gasteiger partial charge in [-0.3, -0.25) is 4.90 Å². The quantitative estimate of drug-likeness (QED) is 0.814. The summed E-state index contributed by atoms with van der Waals surface area (Å²) in [4.78, 5) is 2.37. The summed E-state index contributed by atoms with van der Waals surface area (Å²) in [5.74, 6) is -0.109. The molecule has 2 rings (SSSR count). The van der Waals surface area contributed by atoms with Gasteiger partial charge < -0.3 is 10.5 Å². The molecule has 0 aromatic heterocycles. The third-order valence-electron chi connectivity index (χ3n) is 3.88. The first-order chi connectivity index (χ1) is 9.69. The van der Waals surface area contributed by atoms with Crippen molar-refractivity contribution in [1.29, 1.82) is 0 Å². The van der Waals surface area contributed by atoms with Crippen LogP contribution in [0.4, 0.5) is 4.39 Å². The Hall–Kier alpha value is -0.970. The lowest BCUT2D eigenvalue weighted by Gasteiger charge is -2.32. The fourth-order valence-electron chi connectivity index (χ4n) is 2.56. The number of ether oxygens (including phenoxy) is 1. The van der Waals surface area contributed by atoms with E-state index in [1.807, 2.05) is 12.1 Å². The van der Waals surface area contributed by atoms with E-state index in [1.54, 1.807) is 13.0 Å². The number of piperidine rings is 1. The number of nitrogens with two attached hydrogens (primary N) is 1. The van der Waals surface area contributed by atoms with Crippen LogP contribution in [0, 0.1) is 12.7 Å².